The highest BCUT2D eigenvalue weighted by molar-refractivity contribution is 6.42. The molecule has 5 fully saturated rings. The van der Waals surface area contributed by atoms with Crippen molar-refractivity contribution in [3.63, 3.8) is 0 Å². The van der Waals surface area contributed by atoms with Crippen molar-refractivity contribution in [3.8, 4) is 0 Å². The summed E-state index contributed by atoms with van der Waals surface area (Å²) < 4.78 is 56.2. The maximum absolute atomic E-state index is 14.1. The zero-order chi connectivity index (χ0) is 104. The zero-order valence-electron chi connectivity index (χ0n) is 81.6. The number of carboxylic acid groups (broad SMARTS) is 5. The first kappa shape index (κ1) is 123. The molecule has 5 aliphatic heterocycles. The molecule has 0 radical (unpaired) electrons. The molecule has 0 aliphatic carbocycles. The number of carbonyl (C=O) groups is 5. The van der Waals surface area contributed by atoms with Gasteiger partial charge in [0.25, 0.3) is 0 Å². The van der Waals surface area contributed by atoms with Crippen molar-refractivity contribution in [2.75, 3.05) is 65.4 Å². The molecule has 140 heavy (non-hydrogen) atoms. The number of aliphatic carboxylic acids is 5. The van der Waals surface area contributed by atoms with Crippen LogP contribution in [0.25, 0.3) is 0 Å². The average Bonchev–Trinajstić information content (AvgIpc) is 0.806. The normalized spacial score (nSPS) is 19.2. The Hall–Kier alpha value is -6.15. The summed E-state index contributed by atoms with van der Waals surface area (Å²) in [5.41, 5.74) is 28.1. The number of likely N-dealkylation sites (tertiary alicyclic amines) is 5. The number of hydrogen-bond donors (Lipinski definition) is 20. The van der Waals surface area contributed by atoms with Crippen LogP contribution >= 0.6 is 46.4 Å². The first-order chi connectivity index (χ1) is 66.0. The summed E-state index contributed by atoms with van der Waals surface area (Å²) in [5.74, 6) is -8.21. The maximum atomic E-state index is 14.1. The molecular formula is C97H151B5Cl4F4N10O20. The van der Waals surface area contributed by atoms with E-state index in [0.717, 1.165) is 76.1 Å². The molecule has 5 saturated heterocycles. The third kappa shape index (κ3) is 35.9. The first-order valence-corrected chi connectivity index (χ1v) is 51.0. The molecule has 0 saturated carbocycles. The van der Waals surface area contributed by atoms with E-state index in [0.29, 0.717) is 187 Å². The first-order valence-electron chi connectivity index (χ1n) is 49.5. The smallest absolute Gasteiger partial charge is 0.451 e. The lowest BCUT2D eigenvalue weighted by molar-refractivity contribution is -0.148. The fourth-order valence-corrected chi connectivity index (χ4v) is 22.4. The monoisotopic (exact) mass is 2050 g/mol. The summed E-state index contributed by atoms with van der Waals surface area (Å²) in [5, 5.41) is 140. The third-order valence-corrected chi connectivity index (χ3v) is 31.2. The van der Waals surface area contributed by atoms with E-state index < -0.39 is 128 Å². The van der Waals surface area contributed by atoms with Crippen LogP contribution in [0.5, 0.6) is 0 Å². The van der Waals surface area contributed by atoms with Gasteiger partial charge in [-0.3, -0.25) is 48.5 Å². The Morgan fingerprint density at radius 2 is 0.507 bits per heavy atom. The van der Waals surface area contributed by atoms with E-state index in [1.807, 2.05) is 52.3 Å². The molecule has 10 atom stereocenters. The largest absolute Gasteiger partial charge is 0.480 e. The predicted molar refractivity (Wildman–Crippen MR) is 542 cm³/mol. The second-order valence-corrected chi connectivity index (χ2v) is 40.5. The molecule has 0 spiro atoms. The molecule has 43 heteroatoms. The molecule has 0 bridgehead atoms. The summed E-state index contributed by atoms with van der Waals surface area (Å²) in [6.07, 6.45) is 16.4. The van der Waals surface area contributed by atoms with Crippen LogP contribution < -0.4 is 28.7 Å². The van der Waals surface area contributed by atoms with Gasteiger partial charge in [-0.25, -0.2) is 17.6 Å². The Kier molecular flexibility index (Phi) is 52.2. The Morgan fingerprint density at radius 3 is 0.700 bits per heavy atom. The number of rotatable bonds is 47. The second kappa shape index (κ2) is 59.6. The van der Waals surface area contributed by atoms with Crippen molar-refractivity contribution in [1.29, 1.82) is 0 Å². The van der Waals surface area contributed by atoms with Crippen molar-refractivity contribution in [1.82, 2.24) is 24.5 Å². The van der Waals surface area contributed by atoms with Crippen LogP contribution in [0.2, 0.25) is 51.7 Å². The molecule has 780 valence electrons. The Labute approximate surface area is 844 Å². The highest BCUT2D eigenvalue weighted by Gasteiger charge is 2.50. The standard InChI is InChI=1S/C21H35BN2O4.2C19H29BCl2N2O4.2C19H29BF2N2O4/c1-2-8-19(17-9-4-3-5-10-17)24-15-11-18(12-16-24)21(23,20(25)26)13-6-7-14-22(27)28;4*1-13(17-15(21)5-4-6-16(17)22)24-11-7-14(8-12-24)19(23,18(25)26)9-2-3-10-20(27)28/h3-5,9-10,18-19,27-28H,2,6-8,11-16,23H2,1H3,(H,25,26);4*4-6,13-14,27-28H,2-3,7-12,23H2,1H3,(H,25,26)/t19?,21-;4*13?,19-/m11010/s1. The van der Waals surface area contributed by atoms with Gasteiger partial charge in [0.1, 0.15) is 51.0 Å². The minimum atomic E-state index is -1.40. The molecule has 0 amide bonds. The average molecular weight is 2050 g/mol. The van der Waals surface area contributed by atoms with Gasteiger partial charge in [-0.2, -0.15) is 0 Å². The molecule has 5 aromatic carbocycles. The fourth-order valence-electron chi connectivity index (χ4n) is 21.0. The topological polar surface area (TPSA) is 535 Å². The zero-order valence-corrected chi connectivity index (χ0v) is 84.6. The van der Waals surface area contributed by atoms with E-state index in [1.54, 1.807) is 13.8 Å². The molecular weight excluding hydrogens is 1900 g/mol. The van der Waals surface area contributed by atoms with Gasteiger partial charge in [-0.1, -0.05) is 179 Å². The van der Waals surface area contributed by atoms with Crippen molar-refractivity contribution in [3.05, 3.63) is 174 Å². The van der Waals surface area contributed by atoms with Crippen molar-refractivity contribution in [2.24, 2.45) is 58.3 Å². The van der Waals surface area contributed by atoms with Crippen LogP contribution in [0.3, 0.4) is 0 Å². The van der Waals surface area contributed by atoms with Gasteiger partial charge in [0, 0.05) is 72.6 Å². The Bertz CT molecular complexity index is 4050. The summed E-state index contributed by atoms with van der Waals surface area (Å²) in [6.45, 7) is 16.4. The molecule has 5 aromatic rings. The molecule has 10 rings (SSSR count). The van der Waals surface area contributed by atoms with Crippen LogP contribution in [-0.2, 0) is 24.0 Å². The molecule has 25 N–H and O–H groups in total. The molecule has 5 aliphatic rings. The number of halogens is 8. The van der Waals surface area contributed by atoms with Crippen molar-refractivity contribution < 1.29 is 117 Å². The van der Waals surface area contributed by atoms with Gasteiger partial charge in [-0.05, 0) is 311 Å². The van der Waals surface area contributed by atoms with E-state index >= 15 is 0 Å². The Morgan fingerprint density at radius 1 is 0.314 bits per heavy atom. The van der Waals surface area contributed by atoms with Gasteiger partial charge in [0.05, 0.1) is 0 Å². The summed E-state index contributed by atoms with van der Waals surface area (Å²) in [6, 6.07) is 28.6. The van der Waals surface area contributed by atoms with Gasteiger partial charge in [0.2, 0.25) is 0 Å². The minimum Gasteiger partial charge on any atom is -0.480 e. The van der Waals surface area contributed by atoms with Crippen LogP contribution in [0.4, 0.5) is 17.6 Å². The van der Waals surface area contributed by atoms with E-state index in [4.69, 9.17) is 125 Å². The third-order valence-electron chi connectivity index (χ3n) is 29.8. The highest BCUT2D eigenvalue weighted by Crippen LogP contribution is 2.44. The van der Waals surface area contributed by atoms with E-state index in [9.17, 15) is 67.1 Å². The van der Waals surface area contributed by atoms with Gasteiger partial charge in [-0.15, -0.1) is 0 Å². The molecule has 30 nitrogen and oxygen atoms in total. The van der Waals surface area contributed by atoms with Crippen LogP contribution in [0.1, 0.15) is 266 Å². The van der Waals surface area contributed by atoms with Crippen LogP contribution in [0.15, 0.2) is 103 Å². The predicted octanol–water partition coefficient (Wildman–Crippen LogP) is 13.4. The SMILES string of the molecule is CC(c1c(Cl)cccc1Cl)N1CCC([C@@](N)(CCCCB(O)O)C(=O)O)CC1.CC(c1c(Cl)cccc1Cl)N1CCC([C@](N)(CCCCB(O)O)C(=O)O)CC1.CC(c1c(F)cccc1F)N1CCC([C@@](N)(CCCCB(O)O)C(=O)O)CC1.CC(c1c(F)cccc1F)N1CCC([C@](N)(CCCCB(O)O)C(=O)O)CC1.CCCC(c1ccccc1)N1CCC([C@](N)(CCCCB(O)O)C(=O)O)CC1. The number of nitrogens with zero attached hydrogens (tertiary/aromatic N) is 5. The summed E-state index contributed by atoms with van der Waals surface area (Å²) in [7, 11) is -6.87. The number of nitrogens with two attached hydrogens (primary N) is 5. The van der Waals surface area contributed by atoms with Gasteiger partial charge in [0.15, 0.2) is 0 Å². The quantitative estimate of drug-likeness (QED) is 0.00977. The number of piperidine rings is 5. The lowest BCUT2D eigenvalue weighted by Crippen LogP contribution is -2.57. The molecule has 5 heterocycles. The van der Waals surface area contributed by atoms with Crippen molar-refractivity contribution in [2.45, 2.75) is 297 Å². The van der Waals surface area contributed by atoms with Gasteiger partial charge >= 0.3 is 65.4 Å². The van der Waals surface area contributed by atoms with E-state index in [1.165, 1.54) is 42.0 Å². The number of carboxylic acids is 5. The summed E-state index contributed by atoms with van der Waals surface area (Å²) in [4.78, 5) is 70.3. The molecule has 5 unspecified atom stereocenters. The lowest BCUT2D eigenvalue weighted by atomic mass is 9.74. The highest BCUT2D eigenvalue weighted by atomic mass is 35.5. The van der Waals surface area contributed by atoms with E-state index in [-0.39, 0.29) is 97.2 Å². The number of benzene rings is 5. The fraction of sp³-hybridized carbons (Fsp3) is 0.639. The van der Waals surface area contributed by atoms with Crippen LogP contribution in [0, 0.1) is 52.9 Å². The summed E-state index contributed by atoms with van der Waals surface area (Å²) >= 11 is 25.3. The Balaban J connectivity index is 0.000000268. The lowest BCUT2D eigenvalue weighted by Gasteiger charge is -2.43. The minimum absolute atomic E-state index is 0.0285. The maximum Gasteiger partial charge on any atom is 0.451 e. The molecule has 0 aromatic heterocycles. The van der Waals surface area contributed by atoms with Crippen molar-refractivity contribution >= 4 is 112 Å². The number of hydrogen-bond acceptors (Lipinski definition) is 25. The van der Waals surface area contributed by atoms with E-state index in [2.05, 4.69) is 59.7 Å². The van der Waals surface area contributed by atoms with Crippen LogP contribution in [-0.4, -0.2) is 259 Å². The van der Waals surface area contributed by atoms with Gasteiger partial charge < -0.3 is 104 Å². The second-order valence-electron chi connectivity index (χ2n) is 38.9. The number of unbranched alkanes of at least 4 members (excludes halogenated alkanes) is 5.